The lowest BCUT2D eigenvalue weighted by Gasteiger charge is -2.15. The van der Waals surface area contributed by atoms with Crippen LogP contribution in [0.3, 0.4) is 0 Å². The van der Waals surface area contributed by atoms with Crippen LogP contribution in [0.25, 0.3) is 10.8 Å². The molecule has 154 valence electrons. The van der Waals surface area contributed by atoms with E-state index in [2.05, 4.69) is 10.9 Å². The van der Waals surface area contributed by atoms with E-state index in [1.807, 2.05) is 24.3 Å². The maximum Gasteiger partial charge on any atom is 0.273 e. The third kappa shape index (κ3) is 4.36. The van der Waals surface area contributed by atoms with E-state index in [9.17, 15) is 14.7 Å². The number of ether oxygens (including phenoxy) is 2. The predicted octanol–water partition coefficient (Wildman–Crippen LogP) is 3.18. The molecule has 7 heteroatoms. The van der Waals surface area contributed by atoms with E-state index < -0.39 is 11.8 Å². The Morgan fingerprint density at radius 3 is 2.37 bits per heavy atom. The number of carbonyl (C=O) groups is 2. The fourth-order valence-corrected chi connectivity index (χ4v) is 3.40. The number of aromatic hydroxyl groups is 1. The maximum atomic E-state index is 12.6. The average molecular weight is 406 g/mol. The number of amides is 2. The minimum atomic E-state index is -0.621. The summed E-state index contributed by atoms with van der Waals surface area (Å²) in [4.78, 5) is 25.1. The van der Waals surface area contributed by atoms with Crippen molar-refractivity contribution in [3.8, 4) is 11.5 Å². The zero-order valence-corrected chi connectivity index (χ0v) is 16.3. The molecule has 0 radical (unpaired) electrons. The molecule has 3 aromatic rings. The van der Waals surface area contributed by atoms with Crippen LogP contribution in [0.4, 0.5) is 0 Å². The van der Waals surface area contributed by atoms with Crippen LogP contribution in [0.5, 0.6) is 11.5 Å². The van der Waals surface area contributed by atoms with Crippen LogP contribution in [0.15, 0.2) is 60.7 Å². The van der Waals surface area contributed by atoms with Gasteiger partial charge in [-0.2, -0.15) is 0 Å². The van der Waals surface area contributed by atoms with Crippen LogP contribution >= 0.6 is 0 Å². The fourth-order valence-electron chi connectivity index (χ4n) is 3.40. The van der Waals surface area contributed by atoms with Crippen molar-refractivity contribution in [2.45, 2.75) is 18.9 Å². The van der Waals surface area contributed by atoms with Crippen molar-refractivity contribution in [3.63, 3.8) is 0 Å². The van der Waals surface area contributed by atoms with Crippen molar-refractivity contribution in [2.24, 2.45) is 0 Å². The molecule has 1 saturated heterocycles. The van der Waals surface area contributed by atoms with Gasteiger partial charge in [-0.15, -0.1) is 0 Å². The van der Waals surface area contributed by atoms with Gasteiger partial charge in [0.25, 0.3) is 11.8 Å². The minimum Gasteiger partial charge on any atom is -0.507 e. The quantitative estimate of drug-likeness (QED) is 0.566. The number of fused-ring (bicyclic) bond motifs is 1. The molecule has 1 heterocycles. The molecule has 1 atom stereocenters. The van der Waals surface area contributed by atoms with Crippen LogP contribution in [-0.4, -0.2) is 36.2 Å². The summed E-state index contributed by atoms with van der Waals surface area (Å²) >= 11 is 0. The van der Waals surface area contributed by atoms with Crippen LogP contribution in [0, 0.1) is 0 Å². The number of hydrogen-bond donors (Lipinski definition) is 3. The lowest BCUT2D eigenvalue weighted by Crippen LogP contribution is -2.41. The van der Waals surface area contributed by atoms with Gasteiger partial charge in [-0.1, -0.05) is 36.4 Å². The molecule has 1 aliphatic heterocycles. The number of nitrogens with one attached hydrogen (secondary N) is 2. The van der Waals surface area contributed by atoms with Gasteiger partial charge in [0.2, 0.25) is 0 Å². The summed E-state index contributed by atoms with van der Waals surface area (Å²) in [6, 6.07) is 17.2. The molecule has 0 aromatic heterocycles. The van der Waals surface area contributed by atoms with E-state index in [0.717, 1.165) is 30.2 Å². The molecule has 7 nitrogen and oxygen atoms in total. The third-order valence-corrected chi connectivity index (χ3v) is 4.98. The van der Waals surface area contributed by atoms with E-state index >= 15 is 0 Å². The Balaban J connectivity index is 1.42. The van der Waals surface area contributed by atoms with Gasteiger partial charge in [0.05, 0.1) is 17.2 Å². The number of phenolic OH excluding ortho intramolecular Hbond substituents is 1. The van der Waals surface area contributed by atoms with E-state index in [-0.39, 0.29) is 17.4 Å². The Bertz CT molecular complexity index is 1080. The van der Waals surface area contributed by atoms with Crippen molar-refractivity contribution < 1.29 is 24.2 Å². The molecule has 0 saturated carbocycles. The van der Waals surface area contributed by atoms with E-state index in [1.54, 1.807) is 30.3 Å². The molecule has 4 rings (SSSR count). The second-order valence-electron chi connectivity index (χ2n) is 7.07. The number of hydrogen-bond acceptors (Lipinski definition) is 5. The summed E-state index contributed by atoms with van der Waals surface area (Å²) in [6.45, 7) is 1.09. The zero-order chi connectivity index (χ0) is 20.9. The van der Waals surface area contributed by atoms with Gasteiger partial charge < -0.3 is 14.6 Å². The lowest BCUT2D eigenvalue weighted by molar-refractivity contribution is 0.0669. The van der Waals surface area contributed by atoms with Gasteiger partial charge in [-0.3, -0.25) is 20.4 Å². The molecule has 3 aromatic carbocycles. The molecule has 1 fully saturated rings. The van der Waals surface area contributed by atoms with Gasteiger partial charge in [-0.05, 0) is 47.9 Å². The molecular weight excluding hydrogens is 384 g/mol. The lowest BCUT2D eigenvalue weighted by atomic mass is 10.1. The van der Waals surface area contributed by atoms with Gasteiger partial charge in [0.1, 0.15) is 18.1 Å². The molecule has 3 N–H and O–H groups in total. The highest BCUT2D eigenvalue weighted by molar-refractivity contribution is 6.03. The highest BCUT2D eigenvalue weighted by Gasteiger charge is 2.19. The van der Waals surface area contributed by atoms with Crippen molar-refractivity contribution in [3.05, 3.63) is 71.8 Å². The summed E-state index contributed by atoms with van der Waals surface area (Å²) in [5, 5.41) is 11.8. The molecule has 0 spiro atoms. The van der Waals surface area contributed by atoms with E-state index in [4.69, 9.17) is 9.47 Å². The summed E-state index contributed by atoms with van der Waals surface area (Å²) in [7, 11) is 0. The molecule has 2 amide bonds. The van der Waals surface area contributed by atoms with Gasteiger partial charge in [0.15, 0.2) is 0 Å². The first-order valence-corrected chi connectivity index (χ1v) is 9.77. The van der Waals surface area contributed by atoms with Crippen molar-refractivity contribution >= 4 is 22.6 Å². The zero-order valence-electron chi connectivity index (χ0n) is 16.3. The largest absolute Gasteiger partial charge is 0.507 e. The monoisotopic (exact) mass is 406 g/mol. The van der Waals surface area contributed by atoms with Crippen molar-refractivity contribution in [2.75, 3.05) is 13.2 Å². The van der Waals surface area contributed by atoms with Crippen molar-refractivity contribution in [1.29, 1.82) is 0 Å². The smallest absolute Gasteiger partial charge is 0.273 e. The molecule has 30 heavy (non-hydrogen) atoms. The number of hydrazine groups is 1. The first-order chi connectivity index (χ1) is 14.6. The standard InChI is InChI=1S/C23H22N2O5/c26-20-13-16-7-2-1-6-15(16)12-19(20)23(28)25-24-22(27)18-9-3-4-10-21(18)30-14-17-8-5-11-29-17/h1-4,6-7,9-10,12-13,17,26H,5,8,11,14H2,(H,24,27)(H,25,28)/t17-/m1/s1. The maximum absolute atomic E-state index is 12.6. The molecule has 0 bridgehead atoms. The highest BCUT2D eigenvalue weighted by Crippen LogP contribution is 2.25. The van der Waals surface area contributed by atoms with Crippen LogP contribution < -0.4 is 15.6 Å². The Kier molecular flexibility index (Phi) is 5.81. The van der Waals surface area contributed by atoms with Gasteiger partial charge in [0, 0.05) is 6.61 Å². The Morgan fingerprint density at radius 2 is 1.63 bits per heavy atom. The summed E-state index contributed by atoms with van der Waals surface area (Å²) in [5.41, 5.74) is 5.09. The van der Waals surface area contributed by atoms with Gasteiger partial charge in [-0.25, -0.2) is 0 Å². The van der Waals surface area contributed by atoms with Gasteiger partial charge >= 0.3 is 0 Å². The van der Waals surface area contributed by atoms with Crippen LogP contribution in [0.1, 0.15) is 33.6 Å². The number of para-hydroxylation sites is 1. The SMILES string of the molecule is O=C(NNC(=O)c1ccccc1OC[C@H]1CCCO1)c1cc2ccccc2cc1O. The fraction of sp³-hybridized carbons (Fsp3) is 0.217. The van der Waals surface area contributed by atoms with E-state index in [0.29, 0.717) is 17.9 Å². The first-order valence-electron chi connectivity index (χ1n) is 9.77. The average Bonchev–Trinajstić information content (AvgIpc) is 3.29. The molecule has 0 unspecified atom stereocenters. The van der Waals surface area contributed by atoms with Crippen molar-refractivity contribution in [1.82, 2.24) is 10.9 Å². The second-order valence-corrected chi connectivity index (χ2v) is 7.07. The third-order valence-electron chi connectivity index (χ3n) is 4.98. The summed E-state index contributed by atoms with van der Waals surface area (Å²) in [5.74, 6) is -0.898. The minimum absolute atomic E-state index is 0.0247. The predicted molar refractivity (Wildman–Crippen MR) is 111 cm³/mol. The number of rotatable bonds is 5. The van der Waals surface area contributed by atoms with E-state index in [1.165, 1.54) is 6.07 Å². The normalized spacial score (nSPS) is 15.7. The highest BCUT2D eigenvalue weighted by atomic mass is 16.5. The second kappa shape index (κ2) is 8.84. The first kappa shape index (κ1) is 19.7. The Morgan fingerprint density at radius 1 is 0.967 bits per heavy atom. The molecular formula is C23H22N2O5. The number of carbonyl (C=O) groups excluding carboxylic acids is 2. The molecule has 0 aliphatic carbocycles. The van der Waals surface area contributed by atoms with Crippen LogP contribution in [0.2, 0.25) is 0 Å². The molecule has 1 aliphatic rings. The number of phenols is 1. The Hall–Kier alpha value is -3.58. The summed E-state index contributed by atoms with van der Waals surface area (Å²) < 4.78 is 11.3. The number of benzene rings is 3. The van der Waals surface area contributed by atoms with Crippen LogP contribution in [-0.2, 0) is 4.74 Å². The Labute approximate surface area is 173 Å². The summed E-state index contributed by atoms with van der Waals surface area (Å²) in [6.07, 6.45) is 1.96. The topological polar surface area (TPSA) is 96.9 Å².